The zero-order valence-corrected chi connectivity index (χ0v) is 31.1. The second-order valence-corrected chi connectivity index (χ2v) is 16.0. The first-order valence-corrected chi connectivity index (χ1v) is 18.6. The number of esters is 2. The first-order valence-electron chi connectivity index (χ1n) is 18.6. The van der Waals surface area contributed by atoms with E-state index < -0.39 is 94.6 Å². The van der Waals surface area contributed by atoms with Gasteiger partial charge in [-0.1, -0.05) is 80.6 Å². The average molecular weight is 754 g/mol. The van der Waals surface area contributed by atoms with Crippen LogP contribution in [0.15, 0.2) is 102 Å². The van der Waals surface area contributed by atoms with Crippen LogP contribution in [0, 0.1) is 22.7 Å². The molecular formula is C43H47NO11. The number of aliphatic hydroxyl groups is 4. The van der Waals surface area contributed by atoms with Gasteiger partial charge < -0.3 is 40.0 Å². The third kappa shape index (κ3) is 6.30. The zero-order valence-electron chi connectivity index (χ0n) is 31.1. The topological polar surface area (TPSA) is 189 Å². The Labute approximate surface area is 319 Å². The van der Waals surface area contributed by atoms with E-state index in [1.165, 1.54) is 0 Å². The monoisotopic (exact) mass is 753 g/mol. The van der Waals surface area contributed by atoms with Crippen molar-refractivity contribution in [3.05, 3.63) is 119 Å². The van der Waals surface area contributed by atoms with Gasteiger partial charge in [-0.05, 0) is 54.8 Å². The molecule has 3 fully saturated rings. The van der Waals surface area contributed by atoms with Crippen LogP contribution in [-0.2, 0) is 23.8 Å². The molecule has 0 spiro atoms. The summed E-state index contributed by atoms with van der Waals surface area (Å²) in [5, 5.41) is 51.3. The molecule has 1 aliphatic heterocycles. The van der Waals surface area contributed by atoms with Crippen molar-refractivity contribution in [2.75, 3.05) is 6.61 Å². The number of hydrogen-bond donors (Lipinski definition) is 5. The van der Waals surface area contributed by atoms with E-state index >= 15 is 0 Å². The molecule has 12 nitrogen and oxygen atoms in total. The Balaban J connectivity index is 1.29. The van der Waals surface area contributed by atoms with Crippen LogP contribution in [0.1, 0.15) is 72.9 Å². The Hall–Kier alpha value is -4.72. The van der Waals surface area contributed by atoms with Crippen molar-refractivity contribution in [2.45, 2.75) is 88.8 Å². The van der Waals surface area contributed by atoms with Crippen molar-refractivity contribution in [1.29, 1.82) is 0 Å². The van der Waals surface area contributed by atoms with Gasteiger partial charge in [0, 0.05) is 35.7 Å². The fourth-order valence-electron chi connectivity index (χ4n) is 9.49. The van der Waals surface area contributed by atoms with Crippen molar-refractivity contribution in [3.8, 4) is 0 Å². The van der Waals surface area contributed by atoms with Crippen LogP contribution < -0.4 is 5.32 Å². The molecule has 290 valence electrons. The lowest BCUT2D eigenvalue weighted by molar-refractivity contribution is -0.277. The van der Waals surface area contributed by atoms with Crippen LogP contribution in [0.3, 0.4) is 0 Å². The quantitative estimate of drug-likeness (QED) is 0.167. The van der Waals surface area contributed by atoms with Crippen molar-refractivity contribution >= 4 is 23.6 Å². The number of carbonyl (C=O) groups is 4. The van der Waals surface area contributed by atoms with Crippen LogP contribution in [-0.4, -0.2) is 92.9 Å². The summed E-state index contributed by atoms with van der Waals surface area (Å²) in [5.74, 6) is -4.65. The molecule has 0 radical (unpaired) electrons. The van der Waals surface area contributed by atoms with E-state index in [1.807, 2.05) is 0 Å². The van der Waals surface area contributed by atoms with Gasteiger partial charge in [-0.15, -0.1) is 0 Å². The minimum absolute atomic E-state index is 0.0511. The molecule has 3 aromatic carbocycles. The average Bonchev–Trinajstić information content (AvgIpc) is 3.17. The molecule has 12 heteroatoms. The summed E-state index contributed by atoms with van der Waals surface area (Å²) in [6.45, 7) is 6.56. The molecule has 0 unspecified atom stereocenters. The SMILES string of the molecule is CC1=C2[C@@H](O)C(=O)[C@@]3(C)[C@@H]([C@@H]4CO[C@@H]4C[C@@H]3O)[C@H](OC(=O)c3ccccc3)[C@](O)(C[C@@H]1OC(=O)[C@H](O)[C@@H](NC(=O)c1ccccc1)c1ccccc1)C2(C)C. The molecule has 11 atom stereocenters. The second kappa shape index (κ2) is 14.4. The highest BCUT2D eigenvalue weighted by atomic mass is 16.6. The lowest BCUT2D eigenvalue weighted by Crippen LogP contribution is -2.75. The molecule has 7 rings (SSSR count). The van der Waals surface area contributed by atoms with E-state index in [4.69, 9.17) is 14.2 Å². The van der Waals surface area contributed by atoms with E-state index in [9.17, 15) is 39.6 Å². The number of Topliss-reactive ketones (excluding diaryl/α,β-unsaturated/α-hetero) is 1. The third-order valence-electron chi connectivity index (χ3n) is 12.8. The lowest BCUT2D eigenvalue weighted by atomic mass is 9.46. The Morgan fingerprint density at radius 3 is 2.04 bits per heavy atom. The summed E-state index contributed by atoms with van der Waals surface area (Å²) in [6.07, 6.45) is -8.65. The number of aliphatic hydroxyl groups excluding tert-OH is 3. The predicted molar refractivity (Wildman–Crippen MR) is 197 cm³/mol. The zero-order chi connectivity index (χ0) is 39.4. The van der Waals surface area contributed by atoms with E-state index in [2.05, 4.69) is 5.32 Å². The van der Waals surface area contributed by atoms with Crippen LogP contribution in [0.2, 0.25) is 0 Å². The van der Waals surface area contributed by atoms with Gasteiger partial charge in [-0.2, -0.15) is 0 Å². The number of ketones is 1. The Morgan fingerprint density at radius 2 is 1.45 bits per heavy atom. The van der Waals surface area contributed by atoms with Crippen molar-refractivity contribution in [1.82, 2.24) is 5.32 Å². The first-order chi connectivity index (χ1) is 26.1. The minimum Gasteiger partial charge on any atom is -0.456 e. The minimum atomic E-state index is -2.12. The number of hydrogen-bond acceptors (Lipinski definition) is 11. The first kappa shape index (κ1) is 38.6. The molecular weight excluding hydrogens is 706 g/mol. The lowest BCUT2D eigenvalue weighted by Gasteiger charge is -2.64. The summed E-state index contributed by atoms with van der Waals surface area (Å²) in [4.78, 5) is 55.9. The summed E-state index contributed by atoms with van der Waals surface area (Å²) < 4.78 is 18.1. The molecule has 2 saturated carbocycles. The van der Waals surface area contributed by atoms with Gasteiger partial charge in [-0.25, -0.2) is 9.59 Å². The van der Waals surface area contributed by atoms with Gasteiger partial charge in [0.1, 0.15) is 23.9 Å². The highest BCUT2D eigenvalue weighted by Crippen LogP contribution is 2.62. The van der Waals surface area contributed by atoms with E-state index in [-0.39, 0.29) is 36.2 Å². The molecule has 4 aliphatic rings. The maximum Gasteiger partial charge on any atom is 0.338 e. The van der Waals surface area contributed by atoms with Crippen LogP contribution in [0.25, 0.3) is 0 Å². The maximum atomic E-state index is 14.7. The maximum absolute atomic E-state index is 14.7. The fourth-order valence-corrected chi connectivity index (χ4v) is 9.49. The summed E-state index contributed by atoms with van der Waals surface area (Å²) >= 11 is 0. The molecule has 5 N–H and O–H groups in total. The van der Waals surface area contributed by atoms with E-state index in [1.54, 1.807) is 119 Å². The summed E-state index contributed by atoms with van der Waals surface area (Å²) in [6, 6.07) is 23.6. The normalized spacial score (nSPS) is 33.3. The van der Waals surface area contributed by atoms with Gasteiger partial charge >= 0.3 is 11.9 Å². The second-order valence-electron chi connectivity index (χ2n) is 16.0. The number of fused-ring (bicyclic) bond motifs is 5. The van der Waals surface area contributed by atoms with Gasteiger partial charge in [0.2, 0.25) is 0 Å². The van der Waals surface area contributed by atoms with Gasteiger partial charge in [-0.3, -0.25) is 9.59 Å². The largest absolute Gasteiger partial charge is 0.456 e. The number of ether oxygens (including phenoxy) is 3. The molecule has 3 aliphatic carbocycles. The molecule has 2 bridgehead atoms. The van der Waals surface area contributed by atoms with E-state index in [0.29, 0.717) is 11.1 Å². The van der Waals surface area contributed by atoms with Crippen LogP contribution >= 0.6 is 0 Å². The Morgan fingerprint density at radius 1 is 0.873 bits per heavy atom. The fraction of sp³-hybridized carbons (Fsp3) is 0.442. The number of benzene rings is 3. The smallest absolute Gasteiger partial charge is 0.338 e. The number of carbonyl (C=O) groups excluding carboxylic acids is 4. The highest BCUT2D eigenvalue weighted by Gasteiger charge is 2.72. The van der Waals surface area contributed by atoms with Crippen LogP contribution in [0.4, 0.5) is 0 Å². The van der Waals surface area contributed by atoms with Gasteiger partial charge in [0.15, 0.2) is 11.9 Å². The molecule has 55 heavy (non-hydrogen) atoms. The molecule has 1 saturated heterocycles. The van der Waals surface area contributed by atoms with Crippen LogP contribution in [0.5, 0.6) is 0 Å². The van der Waals surface area contributed by atoms with Crippen molar-refractivity contribution in [3.63, 3.8) is 0 Å². The molecule has 0 aromatic heterocycles. The summed E-state index contributed by atoms with van der Waals surface area (Å²) in [7, 11) is 0. The molecule has 1 heterocycles. The van der Waals surface area contributed by atoms with Crippen molar-refractivity contribution in [2.24, 2.45) is 22.7 Å². The molecule has 3 aromatic rings. The van der Waals surface area contributed by atoms with Gasteiger partial charge in [0.05, 0.1) is 35.8 Å². The van der Waals surface area contributed by atoms with Crippen molar-refractivity contribution < 1.29 is 53.8 Å². The Bertz CT molecular complexity index is 1980. The molecule has 1 amide bonds. The number of rotatable bonds is 8. The van der Waals surface area contributed by atoms with E-state index in [0.717, 1.165) is 0 Å². The standard InChI is InChI=1S/C43H47NO11/c1-23-29(54-40(51)35(47)33(24-14-8-5-9-15-24)44-38(49)25-16-10-6-11-17-25)21-43(52)37(55-39(50)26-18-12-7-13-19-26)32-27-22-53-28(27)20-30(45)42(32,4)36(48)34(46)31(23)41(43,2)3/h5-19,27-30,32-35,37,45-47,52H,20-22H2,1-4H3,(H,44,49)/t27-,28-,29+,30+,32+,33+,34-,35-,37+,42-,43-/m1/s1. The highest BCUT2D eigenvalue weighted by molar-refractivity contribution is 5.95. The van der Waals surface area contributed by atoms with Gasteiger partial charge in [0.25, 0.3) is 5.91 Å². The third-order valence-corrected chi connectivity index (χ3v) is 12.8. The Kier molecular flexibility index (Phi) is 10.1. The summed E-state index contributed by atoms with van der Waals surface area (Å²) in [5.41, 5.74) is -4.04. The predicted octanol–water partition coefficient (Wildman–Crippen LogP) is 3.48. The number of nitrogens with one attached hydrogen (secondary N) is 1. The number of amides is 1.